The largest absolute Gasteiger partial charge is 0.342 e. The monoisotopic (exact) mass is 383 g/mol. The Bertz CT molecular complexity index is 976. The third-order valence-electron chi connectivity index (χ3n) is 5.46. The van der Waals surface area contributed by atoms with Crippen LogP contribution < -0.4 is 0 Å². The molecule has 3 aromatic rings. The molecular formula is C21H26FN5O. The lowest BCUT2D eigenvalue weighted by Crippen LogP contribution is -2.40. The topological polar surface area (TPSA) is 66.8 Å². The molecule has 28 heavy (non-hydrogen) atoms. The molecule has 3 heterocycles. The zero-order chi connectivity index (χ0) is 19.7. The van der Waals surface area contributed by atoms with Crippen LogP contribution in [-0.4, -0.2) is 43.4 Å². The zero-order valence-corrected chi connectivity index (χ0v) is 16.4. The van der Waals surface area contributed by atoms with E-state index >= 15 is 0 Å². The molecule has 0 bridgehead atoms. The number of likely N-dealkylation sites (tertiary alicyclic amines) is 1. The fourth-order valence-corrected chi connectivity index (χ4v) is 4.03. The number of benzene rings is 1. The van der Waals surface area contributed by atoms with Gasteiger partial charge in [0.15, 0.2) is 0 Å². The smallest absolute Gasteiger partial charge is 0.223 e. The lowest BCUT2D eigenvalue weighted by Gasteiger charge is -2.33. The van der Waals surface area contributed by atoms with E-state index in [0.717, 1.165) is 36.6 Å². The standard InChI is InChI=1S/C21H26FN5O/c1-14(2)27-11-9-23-21(27)15-4-3-10-26(13-15)20(28)8-7-19-24-17-6-5-16(22)12-18(17)25-19/h5-6,9,11-12,14-15H,3-4,7-8,10,13H2,1-2H3,(H,24,25). The molecule has 1 atom stereocenters. The van der Waals surface area contributed by atoms with Gasteiger partial charge in [0.25, 0.3) is 0 Å². The SMILES string of the molecule is CC(C)n1ccnc1C1CCCN(C(=O)CCc2nc3ccc(F)cc3[nH]2)C1. The average Bonchev–Trinajstić information content (AvgIpc) is 3.32. The summed E-state index contributed by atoms with van der Waals surface area (Å²) in [5.41, 5.74) is 1.39. The number of nitrogens with one attached hydrogen (secondary N) is 1. The Morgan fingerprint density at radius 2 is 2.25 bits per heavy atom. The number of hydrogen-bond acceptors (Lipinski definition) is 3. The molecule has 4 rings (SSSR count). The molecule has 1 amide bonds. The maximum atomic E-state index is 13.3. The van der Waals surface area contributed by atoms with E-state index in [-0.39, 0.29) is 17.6 Å². The fraction of sp³-hybridized carbons (Fsp3) is 0.476. The van der Waals surface area contributed by atoms with Crippen LogP contribution in [0.5, 0.6) is 0 Å². The van der Waals surface area contributed by atoms with Crippen molar-refractivity contribution in [2.45, 2.75) is 51.5 Å². The van der Waals surface area contributed by atoms with Gasteiger partial charge in [-0.1, -0.05) is 0 Å². The van der Waals surface area contributed by atoms with Gasteiger partial charge in [-0.25, -0.2) is 14.4 Å². The quantitative estimate of drug-likeness (QED) is 0.728. The van der Waals surface area contributed by atoms with Crippen LogP contribution in [-0.2, 0) is 11.2 Å². The summed E-state index contributed by atoms with van der Waals surface area (Å²) in [6, 6.07) is 4.84. The first kappa shape index (κ1) is 18.7. The summed E-state index contributed by atoms with van der Waals surface area (Å²) in [5.74, 6) is 1.92. The van der Waals surface area contributed by atoms with Crippen molar-refractivity contribution in [2.24, 2.45) is 0 Å². The maximum Gasteiger partial charge on any atom is 0.223 e. The van der Waals surface area contributed by atoms with E-state index in [9.17, 15) is 9.18 Å². The summed E-state index contributed by atoms with van der Waals surface area (Å²) in [6.07, 6.45) is 6.84. The second kappa shape index (κ2) is 7.73. The Balaban J connectivity index is 1.39. The Morgan fingerprint density at radius 1 is 1.39 bits per heavy atom. The van der Waals surface area contributed by atoms with Gasteiger partial charge >= 0.3 is 0 Å². The number of halogens is 1. The number of hydrogen-bond donors (Lipinski definition) is 1. The Labute approximate surface area is 163 Å². The molecule has 148 valence electrons. The number of rotatable bonds is 5. The lowest BCUT2D eigenvalue weighted by molar-refractivity contribution is -0.132. The minimum atomic E-state index is -0.294. The van der Waals surface area contributed by atoms with Gasteiger partial charge in [-0.3, -0.25) is 4.79 Å². The van der Waals surface area contributed by atoms with E-state index in [1.54, 1.807) is 6.07 Å². The molecule has 1 N–H and O–H groups in total. The molecule has 1 saturated heterocycles. The number of amides is 1. The Kier molecular flexibility index (Phi) is 5.15. The number of aromatic amines is 1. The summed E-state index contributed by atoms with van der Waals surface area (Å²) in [6.45, 7) is 5.81. The average molecular weight is 383 g/mol. The molecule has 1 unspecified atom stereocenters. The summed E-state index contributed by atoms with van der Waals surface area (Å²) >= 11 is 0. The van der Waals surface area contributed by atoms with Crippen molar-refractivity contribution in [3.8, 4) is 0 Å². The molecule has 6 nitrogen and oxygen atoms in total. The Hall–Kier alpha value is -2.70. The molecule has 1 fully saturated rings. The van der Waals surface area contributed by atoms with Gasteiger partial charge < -0.3 is 14.5 Å². The number of carbonyl (C=O) groups excluding carboxylic acids is 1. The van der Waals surface area contributed by atoms with Crippen molar-refractivity contribution in [1.82, 2.24) is 24.4 Å². The van der Waals surface area contributed by atoms with Gasteiger partial charge in [0.1, 0.15) is 17.5 Å². The van der Waals surface area contributed by atoms with Gasteiger partial charge in [0.05, 0.1) is 11.0 Å². The molecule has 1 aliphatic rings. The molecule has 7 heteroatoms. The first-order valence-corrected chi connectivity index (χ1v) is 9.96. The van der Waals surface area contributed by atoms with E-state index in [4.69, 9.17) is 0 Å². The van der Waals surface area contributed by atoms with Gasteiger partial charge in [-0.15, -0.1) is 0 Å². The van der Waals surface area contributed by atoms with Crippen LogP contribution in [0.25, 0.3) is 11.0 Å². The van der Waals surface area contributed by atoms with E-state index in [1.165, 1.54) is 12.1 Å². The number of fused-ring (bicyclic) bond motifs is 1. The van der Waals surface area contributed by atoms with Crippen molar-refractivity contribution in [3.05, 3.63) is 48.1 Å². The third-order valence-corrected chi connectivity index (χ3v) is 5.46. The molecule has 1 aromatic carbocycles. The first-order chi connectivity index (χ1) is 13.5. The summed E-state index contributed by atoms with van der Waals surface area (Å²) in [4.78, 5) is 26.8. The van der Waals surface area contributed by atoms with Crippen molar-refractivity contribution >= 4 is 16.9 Å². The summed E-state index contributed by atoms with van der Waals surface area (Å²) < 4.78 is 15.5. The van der Waals surface area contributed by atoms with E-state index in [1.807, 2.05) is 17.3 Å². The third kappa shape index (κ3) is 3.79. The lowest BCUT2D eigenvalue weighted by atomic mass is 9.96. The van der Waals surface area contributed by atoms with Crippen LogP contribution in [0.4, 0.5) is 4.39 Å². The van der Waals surface area contributed by atoms with Gasteiger partial charge in [-0.2, -0.15) is 0 Å². The normalized spacial score (nSPS) is 17.6. The molecule has 0 saturated carbocycles. The van der Waals surface area contributed by atoms with E-state index < -0.39 is 0 Å². The number of H-pyrrole nitrogens is 1. The number of carbonyl (C=O) groups is 1. The maximum absolute atomic E-state index is 13.3. The van der Waals surface area contributed by atoms with Crippen molar-refractivity contribution < 1.29 is 9.18 Å². The van der Waals surface area contributed by atoms with Crippen molar-refractivity contribution in [3.63, 3.8) is 0 Å². The highest BCUT2D eigenvalue weighted by molar-refractivity contribution is 5.77. The number of piperidine rings is 1. The molecular weight excluding hydrogens is 357 g/mol. The van der Waals surface area contributed by atoms with Gasteiger partial charge in [0, 0.05) is 50.3 Å². The molecule has 0 aliphatic carbocycles. The molecule has 2 aromatic heterocycles. The predicted molar refractivity (Wildman–Crippen MR) is 106 cm³/mol. The van der Waals surface area contributed by atoms with Gasteiger partial charge in [0.2, 0.25) is 5.91 Å². The number of aromatic nitrogens is 4. The summed E-state index contributed by atoms with van der Waals surface area (Å²) in [7, 11) is 0. The highest BCUT2D eigenvalue weighted by atomic mass is 19.1. The number of nitrogens with zero attached hydrogens (tertiary/aromatic N) is 4. The van der Waals surface area contributed by atoms with E-state index in [0.29, 0.717) is 30.9 Å². The molecule has 0 radical (unpaired) electrons. The van der Waals surface area contributed by atoms with Crippen LogP contribution in [0.1, 0.15) is 56.7 Å². The second-order valence-electron chi connectivity index (χ2n) is 7.81. The summed E-state index contributed by atoms with van der Waals surface area (Å²) in [5, 5.41) is 0. The minimum absolute atomic E-state index is 0.138. The Morgan fingerprint density at radius 3 is 3.07 bits per heavy atom. The van der Waals surface area contributed by atoms with Crippen LogP contribution in [0.3, 0.4) is 0 Å². The highest BCUT2D eigenvalue weighted by Gasteiger charge is 2.27. The van der Waals surface area contributed by atoms with Crippen LogP contribution >= 0.6 is 0 Å². The number of aryl methyl sites for hydroxylation is 1. The van der Waals surface area contributed by atoms with Crippen molar-refractivity contribution in [2.75, 3.05) is 13.1 Å². The van der Waals surface area contributed by atoms with E-state index in [2.05, 4.69) is 33.4 Å². The first-order valence-electron chi connectivity index (χ1n) is 9.96. The highest BCUT2D eigenvalue weighted by Crippen LogP contribution is 2.28. The van der Waals surface area contributed by atoms with Crippen molar-refractivity contribution in [1.29, 1.82) is 0 Å². The zero-order valence-electron chi connectivity index (χ0n) is 16.4. The predicted octanol–water partition coefficient (Wildman–Crippen LogP) is 3.82. The second-order valence-corrected chi connectivity index (χ2v) is 7.81. The molecule has 0 spiro atoms. The number of imidazole rings is 2. The molecule has 1 aliphatic heterocycles. The van der Waals surface area contributed by atoms with Gasteiger partial charge in [-0.05, 0) is 44.9 Å². The van der Waals surface area contributed by atoms with Crippen LogP contribution in [0.2, 0.25) is 0 Å². The fourth-order valence-electron chi connectivity index (χ4n) is 4.03. The minimum Gasteiger partial charge on any atom is -0.342 e. The van der Waals surface area contributed by atoms with Crippen LogP contribution in [0, 0.1) is 5.82 Å². The van der Waals surface area contributed by atoms with Crippen LogP contribution in [0.15, 0.2) is 30.6 Å².